The number of carbonyl (C=O) groups is 1. The van der Waals surface area contributed by atoms with Gasteiger partial charge in [0.15, 0.2) is 12.5 Å². The number of esters is 1. The number of rotatable bonds is 3. The Morgan fingerprint density at radius 1 is 1.73 bits per heavy atom. The van der Waals surface area contributed by atoms with Crippen molar-refractivity contribution in [2.45, 2.75) is 18.9 Å². The van der Waals surface area contributed by atoms with E-state index in [2.05, 4.69) is 9.73 Å². The second-order valence-electron chi connectivity index (χ2n) is 3.08. The Bertz CT molecular complexity index is 289. The van der Waals surface area contributed by atoms with Gasteiger partial charge in [0, 0.05) is 17.8 Å². The molecular formula is C8H12N2O5. The van der Waals surface area contributed by atoms with E-state index in [0.29, 0.717) is 18.7 Å². The lowest BCUT2D eigenvalue weighted by atomic mass is 10.1. The number of methoxy groups -OCH3 is 1. The molecule has 15 heavy (non-hydrogen) atoms. The molecule has 0 spiro atoms. The van der Waals surface area contributed by atoms with Gasteiger partial charge in [-0.2, -0.15) is 0 Å². The molecule has 0 aliphatic carbocycles. The van der Waals surface area contributed by atoms with Crippen molar-refractivity contribution in [2.75, 3.05) is 20.3 Å². The molecule has 0 bridgehead atoms. The highest BCUT2D eigenvalue weighted by molar-refractivity contribution is 5.80. The number of hydrogen-bond acceptors (Lipinski definition) is 6. The minimum Gasteiger partial charge on any atom is -0.469 e. The van der Waals surface area contributed by atoms with Crippen LogP contribution in [-0.2, 0) is 14.3 Å². The second kappa shape index (κ2) is 5.28. The van der Waals surface area contributed by atoms with Crippen molar-refractivity contribution >= 4 is 11.9 Å². The molecule has 1 heterocycles. The molecule has 7 heteroatoms. The van der Waals surface area contributed by atoms with E-state index in [1.807, 2.05) is 0 Å². The summed E-state index contributed by atoms with van der Waals surface area (Å²) in [5.41, 5.74) is 0. The molecule has 84 valence electrons. The third kappa shape index (κ3) is 3.53. The van der Waals surface area contributed by atoms with Gasteiger partial charge >= 0.3 is 5.97 Å². The number of nitrogens with zero attached hydrogens (tertiary/aromatic N) is 2. The van der Waals surface area contributed by atoms with Gasteiger partial charge < -0.3 is 9.47 Å². The van der Waals surface area contributed by atoms with Crippen molar-refractivity contribution in [2.24, 2.45) is 4.99 Å². The number of nitro groups is 1. The largest absolute Gasteiger partial charge is 0.469 e. The molecular weight excluding hydrogens is 204 g/mol. The van der Waals surface area contributed by atoms with Gasteiger partial charge in [0.25, 0.3) is 0 Å². The molecule has 1 aliphatic rings. The number of ether oxygens (including phenoxy) is 2. The summed E-state index contributed by atoms with van der Waals surface area (Å²) in [7, 11) is 1.26. The summed E-state index contributed by atoms with van der Waals surface area (Å²) in [4.78, 5) is 24.6. The fraction of sp³-hybridized carbons (Fsp3) is 0.750. The molecule has 1 rings (SSSR count). The first-order chi connectivity index (χ1) is 7.13. The zero-order chi connectivity index (χ0) is 11.3. The molecule has 7 nitrogen and oxygen atoms in total. The van der Waals surface area contributed by atoms with Crippen molar-refractivity contribution in [3.8, 4) is 0 Å². The van der Waals surface area contributed by atoms with Crippen molar-refractivity contribution in [1.82, 2.24) is 0 Å². The molecule has 0 aromatic heterocycles. The number of hydrogen-bond donors (Lipinski definition) is 0. The van der Waals surface area contributed by atoms with Gasteiger partial charge in [0.2, 0.25) is 6.04 Å². The zero-order valence-electron chi connectivity index (χ0n) is 8.34. The Labute approximate surface area is 86.2 Å². The predicted octanol–water partition coefficient (Wildman–Crippen LogP) is 0.0136. The summed E-state index contributed by atoms with van der Waals surface area (Å²) in [6, 6.07) is -0.629. The highest BCUT2D eigenvalue weighted by Gasteiger charge is 2.25. The van der Waals surface area contributed by atoms with E-state index in [0.717, 1.165) is 0 Å². The van der Waals surface area contributed by atoms with E-state index < -0.39 is 12.0 Å². The van der Waals surface area contributed by atoms with E-state index >= 15 is 0 Å². The van der Waals surface area contributed by atoms with Crippen LogP contribution in [0.5, 0.6) is 0 Å². The van der Waals surface area contributed by atoms with Gasteiger partial charge in [0.1, 0.15) is 6.54 Å². The maximum Gasteiger partial charge on any atom is 0.343 e. The van der Waals surface area contributed by atoms with E-state index in [4.69, 9.17) is 4.74 Å². The van der Waals surface area contributed by atoms with Gasteiger partial charge in [0.05, 0.1) is 7.11 Å². The first kappa shape index (κ1) is 11.4. The van der Waals surface area contributed by atoms with Gasteiger partial charge in [-0.25, -0.2) is 9.79 Å². The van der Waals surface area contributed by atoms with Crippen LogP contribution in [0.15, 0.2) is 4.99 Å². The van der Waals surface area contributed by atoms with Crippen LogP contribution in [-0.4, -0.2) is 43.1 Å². The summed E-state index contributed by atoms with van der Waals surface area (Å²) in [5, 5.41) is 10.4. The fourth-order valence-corrected chi connectivity index (χ4v) is 1.16. The zero-order valence-corrected chi connectivity index (χ0v) is 8.34. The lowest BCUT2D eigenvalue weighted by Crippen LogP contribution is -2.29. The van der Waals surface area contributed by atoms with Crippen LogP contribution in [0.2, 0.25) is 0 Å². The summed E-state index contributed by atoms with van der Waals surface area (Å²) >= 11 is 0. The van der Waals surface area contributed by atoms with Crippen molar-refractivity contribution in [1.29, 1.82) is 0 Å². The van der Waals surface area contributed by atoms with E-state index in [1.165, 1.54) is 7.11 Å². The van der Waals surface area contributed by atoms with Crippen molar-refractivity contribution in [3.05, 3.63) is 10.1 Å². The minimum atomic E-state index is -0.629. The Morgan fingerprint density at radius 3 is 2.93 bits per heavy atom. The van der Waals surface area contributed by atoms with Crippen LogP contribution in [0.4, 0.5) is 0 Å². The quantitative estimate of drug-likeness (QED) is 0.376. The normalized spacial score (nSPS) is 20.3. The maximum atomic E-state index is 10.7. The van der Waals surface area contributed by atoms with E-state index in [9.17, 15) is 14.9 Å². The first-order valence-corrected chi connectivity index (χ1v) is 4.50. The average Bonchev–Trinajstić information content (AvgIpc) is 2.26. The van der Waals surface area contributed by atoms with Crippen LogP contribution < -0.4 is 0 Å². The Morgan fingerprint density at radius 2 is 2.47 bits per heavy atom. The maximum absolute atomic E-state index is 10.7. The van der Waals surface area contributed by atoms with Crippen LogP contribution in [0.1, 0.15) is 12.8 Å². The van der Waals surface area contributed by atoms with Crippen LogP contribution in [0.25, 0.3) is 0 Å². The lowest BCUT2D eigenvalue weighted by Gasteiger charge is -2.15. The van der Waals surface area contributed by atoms with Gasteiger partial charge in [-0.3, -0.25) is 10.1 Å². The predicted molar refractivity (Wildman–Crippen MR) is 50.3 cm³/mol. The smallest absolute Gasteiger partial charge is 0.343 e. The van der Waals surface area contributed by atoms with Crippen molar-refractivity contribution in [3.63, 3.8) is 0 Å². The molecule has 1 aliphatic heterocycles. The molecule has 0 saturated heterocycles. The third-order valence-electron chi connectivity index (χ3n) is 2.05. The summed E-state index contributed by atoms with van der Waals surface area (Å²) in [6.45, 7) is -0.0814. The second-order valence-corrected chi connectivity index (χ2v) is 3.08. The van der Waals surface area contributed by atoms with Crippen molar-refractivity contribution < 1.29 is 19.2 Å². The van der Waals surface area contributed by atoms with Crippen LogP contribution in [0.3, 0.4) is 0 Å². The Balaban J connectivity index is 2.34. The van der Waals surface area contributed by atoms with Crippen LogP contribution >= 0.6 is 0 Å². The summed E-state index contributed by atoms with van der Waals surface area (Å²) in [6.07, 6.45) is 0.787. The Kier molecular flexibility index (Phi) is 4.02. The van der Waals surface area contributed by atoms with E-state index in [-0.39, 0.29) is 18.1 Å². The molecule has 0 fully saturated rings. The monoisotopic (exact) mass is 216 g/mol. The molecule has 0 radical (unpaired) electrons. The summed E-state index contributed by atoms with van der Waals surface area (Å²) < 4.78 is 9.39. The third-order valence-corrected chi connectivity index (χ3v) is 2.05. The highest BCUT2D eigenvalue weighted by atomic mass is 16.6. The molecule has 1 unspecified atom stereocenters. The number of carbonyl (C=O) groups excluding carboxylic acids is 1. The molecule has 0 N–H and O–H groups in total. The minimum absolute atomic E-state index is 0.115. The van der Waals surface area contributed by atoms with Gasteiger partial charge in [-0.15, -0.1) is 0 Å². The highest BCUT2D eigenvalue weighted by Crippen LogP contribution is 2.10. The SMILES string of the molecule is COC(=O)COC1=NCC([N+](=O)[O-])CC1. The topological polar surface area (TPSA) is 91.0 Å². The molecule has 0 saturated carbocycles. The fourth-order valence-electron chi connectivity index (χ4n) is 1.16. The molecule has 0 aromatic rings. The molecule has 0 amide bonds. The van der Waals surface area contributed by atoms with E-state index in [1.54, 1.807) is 0 Å². The average molecular weight is 216 g/mol. The molecule has 1 atom stereocenters. The Hall–Kier alpha value is -1.66. The number of aliphatic imine (C=N–C) groups is 1. The molecule has 0 aromatic carbocycles. The summed E-state index contributed by atoms with van der Waals surface area (Å²) in [5.74, 6) is -0.104. The van der Waals surface area contributed by atoms with Crippen LogP contribution in [0, 0.1) is 10.1 Å². The first-order valence-electron chi connectivity index (χ1n) is 4.50. The standard InChI is InChI=1S/C8H12N2O5/c1-14-8(11)5-15-7-3-2-6(4-9-7)10(12)13/h6H,2-5H2,1H3. The lowest BCUT2D eigenvalue weighted by molar-refractivity contribution is -0.520. The van der Waals surface area contributed by atoms with Gasteiger partial charge in [-0.05, 0) is 0 Å². The van der Waals surface area contributed by atoms with Gasteiger partial charge in [-0.1, -0.05) is 0 Å².